The molecule has 1 saturated heterocycles. The molecule has 1 fully saturated rings. The minimum absolute atomic E-state index is 0.0787. The molecule has 1 N–H and O–H groups in total. The molecule has 1 aliphatic heterocycles. The predicted molar refractivity (Wildman–Crippen MR) is 44.4 cm³/mol. The highest BCUT2D eigenvalue weighted by Gasteiger charge is 2.36. The van der Waals surface area contributed by atoms with Gasteiger partial charge in [0.15, 0.2) is 0 Å². The largest absolute Gasteiger partial charge is 0.394 e. The Morgan fingerprint density at radius 3 is 2.45 bits per heavy atom. The van der Waals surface area contributed by atoms with Crippen LogP contribution in [0.15, 0.2) is 0 Å². The first-order chi connectivity index (χ1) is 5.05. The Hall–Kier alpha value is -0.0800. The maximum Gasteiger partial charge on any atom is 0.0839 e. The molecule has 11 heavy (non-hydrogen) atoms. The second kappa shape index (κ2) is 3.11. The van der Waals surface area contributed by atoms with Crippen LogP contribution in [0.5, 0.6) is 0 Å². The number of aliphatic hydroxyl groups is 1. The summed E-state index contributed by atoms with van der Waals surface area (Å²) in [6, 6.07) is 0. The number of hydrogen-bond donors (Lipinski definition) is 1. The van der Waals surface area contributed by atoms with Gasteiger partial charge in [0.25, 0.3) is 0 Å². The van der Waals surface area contributed by atoms with Gasteiger partial charge in [-0.1, -0.05) is 20.8 Å². The maximum atomic E-state index is 8.97. The van der Waals surface area contributed by atoms with Crippen molar-refractivity contribution in [2.45, 2.75) is 33.3 Å². The zero-order chi connectivity index (χ0) is 8.48. The average molecular weight is 158 g/mol. The fourth-order valence-electron chi connectivity index (χ4n) is 1.82. The molecular formula is C9H18O2. The highest BCUT2D eigenvalue weighted by atomic mass is 16.5. The molecule has 0 aromatic carbocycles. The summed E-state index contributed by atoms with van der Waals surface area (Å²) in [6.45, 7) is 7.59. The third-order valence-electron chi connectivity index (χ3n) is 2.50. The van der Waals surface area contributed by atoms with Gasteiger partial charge in [-0.2, -0.15) is 0 Å². The normalized spacial score (nSPS) is 32.7. The van der Waals surface area contributed by atoms with Crippen LogP contribution in [0.25, 0.3) is 0 Å². The van der Waals surface area contributed by atoms with E-state index in [0.29, 0.717) is 5.92 Å². The van der Waals surface area contributed by atoms with E-state index in [1.807, 2.05) is 0 Å². The number of rotatable bonds is 1. The predicted octanol–water partition coefficient (Wildman–Crippen LogP) is 1.43. The molecule has 1 heterocycles. The fraction of sp³-hybridized carbons (Fsp3) is 1.00. The van der Waals surface area contributed by atoms with E-state index in [9.17, 15) is 0 Å². The lowest BCUT2D eigenvalue weighted by molar-refractivity contribution is 0.0147. The van der Waals surface area contributed by atoms with Crippen LogP contribution in [0, 0.1) is 11.3 Å². The molecule has 2 nitrogen and oxygen atoms in total. The molecule has 0 radical (unpaired) electrons. The lowest BCUT2D eigenvalue weighted by Gasteiger charge is -2.29. The molecule has 1 aliphatic rings. The van der Waals surface area contributed by atoms with Crippen LogP contribution in [-0.4, -0.2) is 24.4 Å². The minimum atomic E-state index is 0.0787. The average Bonchev–Trinajstić information content (AvgIpc) is 2.31. The van der Waals surface area contributed by atoms with Gasteiger partial charge in [0, 0.05) is 6.61 Å². The SMILES string of the molecule is CC(C)(C)[C@H]1CCO[C@@H]1CO. The second-order valence-corrected chi connectivity index (χ2v) is 4.35. The third-order valence-corrected chi connectivity index (χ3v) is 2.50. The summed E-state index contributed by atoms with van der Waals surface area (Å²) in [6.07, 6.45) is 1.17. The van der Waals surface area contributed by atoms with Gasteiger partial charge in [-0.3, -0.25) is 0 Å². The first-order valence-corrected chi connectivity index (χ1v) is 4.28. The Bertz CT molecular complexity index is 126. The first-order valence-electron chi connectivity index (χ1n) is 4.28. The minimum Gasteiger partial charge on any atom is -0.394 e. The molecule has 0 bridgehead atoms. The smallest absolute Gasteiger partial charge is 0.0839 e. The van der Waals surface area contributed by atoms with Crippen molar-refractivity contribution >= 4 is 0 Å². The second-order valence-electron chi connectivity index (χ2n) is 4.35. The zero-order valence-corrected chi connectivity index (χ0v) is 7.63. The third kappa shape index (κ3) is 1.94. The monoisotopic (exact) mass is 158 g/mol. The molecule has 0 unspecified atom stereocenters. The molecule has 0 spiro atoms. The summed E-state index contributed by atoms with van der Waals surface area (Å²) < 4.78 is 5.39. The number of aliphatic hydroxyl groups excluding tert-OH is 1. The van der Waals surface area contributed by atoms with Crippen molar-refractivity contribution in [1.82, 2.24) is 0 Å². The summed E-state index contributed by atoms with van der Waals surface area (Å²) in [5.74, 6) is 0.521. The van der Waals surface area contributed by atoms with Gasteiger partial charge in [0.05, 0.1) is 12.7 Å². The van der Waals surface area contributed by atoms with Crippen molar-refractivity contribution in [3.05, 3.63) is 0 Å². The number of ether oxygens (including phenoxy) is 1. The first kappa shape index (κ1) is 9.01. The van der Waals surface area contributed by atoms with Crippen molar-refractivity contribution in [2.24, 2.45) is 11.3 Å². The molecule has 2 atom stereocenters. The van der Waals surface area contributed by atoms with Crippen molar-refractivity contribution in [3.63, 3.8) is 0 Å². The maximum absolute atomic E-state index is 8.97. The molecule has 2 heteroatoms. The van der Waals surface area contributed by atoms with Gasteiger partial charge < -0.3 is 9.84 Å². The topological polar surface area (TPSA) is 29.5 Å². The van der Waals surface area contributed by atoms with E-state index in [2.05, 4.69) is 20.8 Å². The van der Waals surface area contributed by atoms with Crippen LogP contribution in [0.2, 0.25) is 0 Å². The standard InChI is InChI=1S/C9H18O2/c1-9(2,3)7-4-5-11-8(7)6-10/h7-8,10H,4-6H2,1-3H3/t7-,8+/m0/s1. The molecule has 1 rings (SSSR count). The Balaban J connectivity index is 2.57. The fourth-order valence-corrected chi connectivity index (χ4v) is 1.82. The van der Waals surface area contributed by atoms with Crippen LogP contribution >= 0.6 is 0 Å². The molecule has 0 saturated carbocycles. The van der Waals surface area contributed by atoms with E-state index in [1.165, 1.54) is 0 Å². The van der Waals surface area contributed by atoms with E-state index in [1.54, 1.807) is 0 Å². The van der Waals surface area contributed by atoms with E-state index in [0.717, 1.165) is 13.0 Å². The van der Waals surface area contributed by atoms with Crippen molar-refractivity contribution in [2.75, 3.05) is 13.2 Å². The van der Waals surface area contributed by atoms with E-state index >= 15 is 0 Å². The molecule has 0 aromatic heterocycles. The van der Waals surface area contributed by atoms with Gasteiger partial charge in [-0.15, -0.1) is 0 Å². The molecular weight excluding hydrogens is 140 g/mol. The van der Waals surface area contributed by atoms with Gasteiger partial charge in [0.2, 0.25) is 0 Å². The van der Waals surface area contributed by atoms with E-state index in [4.69, 9.17) is 9.84 Å². The molecule has 0 amide bonds. The van der Waals surface area contributed by atoms with Gasteiger partial charge >= 0.3 is 0 Å². The van der Waals surface area contributed by atoms with Gasteiger partial charge in [-0.25, -0.2) is 0 Å². The van der Waals surface area contributed by atoms with Crippen LogP contribution < -0.4 is 0 Å². The van der Waals surface area contributed by atoms with E-state index < -0.39 is 0 Å². The summed E-state index contributed by atoms with van der Waals surface area (Å²) in [5.41, 5.74) is 0.268. The van der Waals surface area contributed by atoms with Crippen molar-refractivity contribution < 1.29 is 9.84 Å². The lowest BCUT2D eigenvalue weighted by Crippen LogP contribution is -2.30. The summed E-state index contributed by atoms with van der Waals surface area (Å²) in [7, 11) is 0. The van der Waals surface area contributed by atoms with Gasteiger partial charge in [0.1, 0.15) is 0 Å². The zero-order valence-electron chi connectivity index (χ0n) is 7.63. The molecule has 0 aliphatic carbocycles. The van der Waals surface area contributed by atoms with E-state index in [-0.39, 0.29) is 18.1 Å². The quantitative estimate of drug-likeness (QED) is 0.625. The molecule has 66 valence electrons. The van der Waals surface area contributed by atoms with Crippen LogP contribution in [0.3, 0.4) is 0 Å². The highest BCUT2D eigenvalue weighted by Crippen LogP contribution is 2.36. The summed E-state index contributed by atoms with van der Waals surface area (Å²) in [5, 5.41) is 8.97. The number of hydrogen-bond acceptors (Lipinski definition) is 2. The summed E-state index contributed by atoms with van der Waals surface area (Å²) >= 11 is 0. The Morgan fingerprint density at radius 1 is 1.45 bits per heavy atom. The Kier molecular flexibility index (Phi) is 2.55. The summed E-state index contributed by atoms with van der Waals surface area (Å²) in [4.78, 5) is 0. The van der Waals surface area contributed by atoms with Crippen molar-refractivity contribution in [3.8, 4) is 0 Å². The Morgan fingerprint density at radius 2 is 2.09 bits per heavy atom. The lowest BCUT2D eigenvalue weighted by atomic mass is 9.77. The molecule has 0 aromatic rings. The Labute approximate surface area is 68.6 Å². The van der Waals surface area contributed by atoms with Crippen LogP contribution in [-0.2, 0) is 4.74 Å². The van der Waals surface area contributed by atoms with Crippen LogP contribution in [0.4, 0.5) is 0 Å². The van der Waals surface area contributed by atoms with Gasteiger partial charge in [-0.05, 0) is 17.8 Å². The highest BCUT2D eigenvalue weighted by molar-refractivity contribution is 4.84. The van der Waals surface area contributed by atoms with Crippen molar-refractivity contribution in [1.29, 1.82) is 0 Å². The van der Waals surface area contributed by atoms with Crippen LogP contribution in [0.1, 0.15) is 27.2 Å².